The van der Waals surface area contributed by atoms with Crippen molar-refractivity contribution in [1.29, 1.82) is 0 Å². The topological polar surface area (TPSA) is 101 Å². The maximum absolute atomic E-state index is 11.6. The van der Waals surface area contributed by atoms with Crippen LogP contribution < -0.4 is 4.74 Å². The maximum Gasteiger partial charge on any atom is 0.343 e. The molecule has 154 valence electrons. The number of carboxylic acids is 2. The number of carbonyl (C=O) groups is 3. The molecule has 6 nitrogen and oxygen atoms in total. The Labute approximate surface area is 178 Å². The van der Waals surface area contributed by atoms with E-state index in [-0.39, 0.29) is 17.1 Å². The molecule has 0 spiro atoms. The molecule has 4 rings (SSSR count). The summed E-state index contributed by atoms with van der Waals surface area (Å²) in [5, 5.41) is 19.0. The Morgan fingerprint density at radius 1 is 0.548 bits per heavy atom. The minimum Gasteiger partial charge on any atom is -0.478 e. The van der Waals surface area contributed by atoms with E-state index >= 15 is 0 Å². The molecule has 0 aliphatic heterocycles. The Bertz CT molecular complexity index is 1160. The highest BCUT2D eigenvalue weighted by atomic mass is 16.5. The molecule has 0 bridgehead atoms. The van der Waals surface area contributed by atoms with Crippen LogP contribution in [0.15, 0.2) is 97.1 Å². The molecule has 0 saturated heterocycles. The fourth-order valence-electron chi connectivity index (χ4n) is 2.74. The Balaban J connectivity index is 0.000000176. The molecule has 4 aromatic carbocycles. The third kappa shape index (κ3) is 5.77. The van der Waals surface area contributed by atoms with Gasteiger partial charge >= 0.3 is 17.9 Å². The standard InChI is InChI=1S/C13H10O2.C12H8O4/c14-13(11-7-3-1-4-8-11)15-12-9-5-2-6-10-12;13-11(14)9-3-1-7-5-10(12(15)16)4-2-8(7)6-9/h1-10H;1-6H,(H,13,14)(H,15,16). The molecule has 0 aromatic heterocycles. The predicted octanol–water partition coefficient (Wildman–Crippen LogP) is 5.14. The first kappa shape index (κ1) is 21.3. The zero-order valence-corrected chi connectivity index (χ0v) is 16.3. The van der Waals surface area contributed by atoms with Gasteiger partial charge in [-0.3, -0.25) is 0 Å². The summed E-state index contributed by atoms with van der Waals surface area (Å²) in [5.74, 6) is -1.76. The van der Waals surface area contributed by atoms with Gasteiger partial charge in [0.05, 0.1) is 16.7 Å². The van der Waals surface area contributed by atoms with Crippen LogP contribution >= 0.6 is 0 Å². The van der Waals surface area contributed by atoms with Crippen LogP contribution in [0.4, 0.5) is 0 Å². The molecule has 0 heterocycles. The molecular formula is C25H18O6. The second kappa shape index (κ2) is 9.84. The third-order valence-corrected chi connectivity index (χ3v) is 4.30. The molecule has 4 aromatic rings. The average molecular weight is 414 g/mol. The normalized spacial score (nSPS) is 9.94. The number of fused-ring (bicyclic) bond motifs is 1. The van der Waals surface area contributed by atoms with Crippen molar-refractivity contribution in [2.24, 2.45) is 0 Å². The predicted molar refractivity (Wildman–Crippen MR) is 116 cm³/mol. The molecular weight excluding hydrogens is 396 g/mol. The molecule has 0 fully saturated rings. The monoisotopic (exact) mass is 414 g/mol. The van der Waals surface area contributed by atoms with E-state index in [2.05, 4.69) is 0 Å². The van der Waals surface area contributed by atoms with Crippen LogP contribution in [0.1, 0.15) is 31.1 Å². The molecule has 0 aliphatic carbocycles. The highest BCUT2D eigenvalue weighted by Crippen LogP contribution is 2.18. The minimum atomic E-state index is -0.996. The van der Waals surface area contributed by atoms with Gasteiger partial charge in [-0.15, -0.1) is 0 Å². The van der Waals surface area contributed by atoms with Crippen LogP contribution in [0.25, 0.3) is 10.8 Å². The van der Waals surface area contributed by atoms with Crippen LogP contribution in [0.2, 0.25) is 0 Å². The van der Waals surface area contributed by atoms with Crippen molar-refractivity contribution in [2.75, 3.05) is 0 Å². The number of carbonyl (C=O) groups excluding carboxylic acids is 1. The number of hydrogen-bond donors (Lipinski definition) is 2. The van der Waals surface area contributed by atoms with Crippen LogP contribution in [-0.2, 0) is 0 Å². The number of aromatic carboxylic acids is 2. The lowest BCUT2D eigenvalue weighted by molar-refractivity contribution is 0.0686. The van der Waals surface area contributed by atoms with E-state index < -0.39 is 11.9 Å². The van der Waals surface area contributed by atoms with Crippen molar-refractivity contribution in [3.05, 3.63) is 114 Å². The lowest BCUT2D eigenvalue weighted by Gasteiger charge is -2.02. The highest BCUT2D eigenvalue weighted by Gasteiger charge is 2.07. The summed E-state index contributed by atoms with van der Waals surface area (Å²) >= 11 is 0. The molecule has 31 heavy (non-hydrogen) atoms. The summed E-state index contributed by atoms with van der Waals surface area (Å²) in [4.78, 5) is 33.0. The Hall–Kier alpha value is -4.45. The molecule has 0 saturated carbocycles. The first-order chi connectivity index (χ1) is 14.9. The van der Waals surface area contributed by atoms with E-state index in [4.69, 9.17) is 14.9 Å². The van der Waals surface area contributed by atoms with Crippen LogP contribution in [-0.4, -0.2) is 28.1 Å². The quantitative estimate of drug-likeness (QED) is 0.354. The maximum atomic E-state index is 11.6. The van der Waals surface area contributed by atoms with Crippen LogP contribution in [0.3, 0.4) is 0 Å². The number of ether oxygens (including phenoxy) is 1. The molecule has 6 heteroatoms. The number of hydrogen-bond acceptors (Lipinski definition) is 4. The van der Waals surface area contributed by atoms with Crippen molar-refractivity contribution in [3.8, 4) is 5.75 Å². The second-order valence-electron chi connectivity index (χ2n) is 6.46. The molecule has 2 N–H and O–H groups in total. The number of rotatable bonds is 4. The number of para-hydroxylation sites is 1. The largest absolute Gasteiger partial charge is 0.478 e. The van der Waals surface area contributed by atoms with Gasteiger partial charge in [0.15, 0.2) is 0 Å². The van der Waals surface area contributed by atoms with Gasteiger partial charge in [-0.2, -0.15) is 0 Å². The van der Waals surface area contributed by atoms with Gasteiger partial charge in [-0.1, -0.05) is 48.5 Å². The summed E-state index contributed by atoms with van der Waals surface area (Å²) in [6, 6.07) is 27.1. The second-order valence-corrected chi connectivity index (χ2v) is 6.46. The van der Waals surface area contributed by atoms with Gasteiger partial charge in [0.2, 0.25) is 0 Å². The Kier molecular flexibility index (Phi) is 6.75. The third-order valence-electron chi connectivity index (χ3n) is 4.30. The summed E-state index contributed by atoms with van der Waals surface area (Å²) in [6.45, 7) is 0. The van der Waals surface area contributed by atoms with E-state index in [1.165, 1.54) is 24.3 Å². The van der Waals surface area contributed by atoms with Gasteiger partial charge < -0.3 is 14.9 Å². The average Bonchev–Trinajstić information content (AvgIpc) is 2.80. The van der Waals surface area contributed by atoms with E-state index in [1.54, 1.807) is 36.4 Å². The van der Waals surface area contributed by atoms with Crippen molar-refractivity contribution < 1.29 is 29.3 Å². The van der Waals surface area contributed by atoms with E-state index in [9.17, 15) is 14.4 Å². The molecule has 0 amide bonds. The highest BCUT2D eigenvalue weighted by molar-refractivity contribution is 5.98. The number of esters is 1. The Morgan fingerprint density at radius 2 is 1.00 bits per heavy atom. The van der Waals surface area contributed by atoms with Crippen molar-refractivity contribution in [3.63, 3.8) is 0 Å². The summed E-state index contributed by atoms with van der Waals surface area (Å²) < 4.78 is 5.16. The van der Waals surface area contributed by atoms with Gasteiger partial charge in [-0.05, 0) is 59.3 Å². The summed E-state index contributed by atoms with van der Waals surface area (Å²) in [5.41, 5.74) is 0.938. The van der Waals surface area contributed by atoms with Crippen molar-refractivity contribution >= 4 is 28.7 Å². The SMILES string of the molecule is O=C(O)c1ccc2cc(C(=O)O)ccc2c1.O=C(Oc1ccccc1)c1ccccc1. The van der Waals surface area contributed by atoms with E-state index in [0.29, 0.717) is 22.1 Å². The molecule has 0 radical (unpaired) electrons. The molecule has 0 aliphatic rings. The van der Waals surface area contributed by atoms with Gasteiger partial charge in [0, 0.05) is 0 Å². The lowest BCUT2D eigenvalue weighted by atomic mass is 10.0. The number of carboxylic acid groups (broad SMARTS) is 2. The van der Waals surface area contributed by atoms with Gasteiger partial charge in [-0.25, -0.2) is 14.4 Å². The van der Waals surface area contributed by atoms with Crippen molar-refractivity contribution in [1.82, 2.24) is 0 Å². The van der Waals surface area contributed by atoms with Gasteiger partial charge in [0.25, 0.3) is 0 Å². The van der Waals surface area contributed by atoms with E-state index in [1.807, 2.05) is 36.4 Å². The zero-order chi connectivity index (χ0) is 22.2. The first-order valence-electron chi connectivity index (χ1n) is 9.27. The smallest absolute Gasteiger partial charge is 0.343 e. The number of benzene rings is 4. The molecule has 0 unspecified atom stereocenters. The first-order valence-corrected chi connectivity index (χ1v) is 9.27. The molecule has 0 atom stereocenters. The lowest BCUT2D eigenvalue weighted by Crippen LogP contribution is -2.07. The van der Waals surface area contributed by atoms with Crippen LogP contribution in [0.5, 0.6) is 5.75 Å². The Morgan fingerprint density at radius 3 is 1.45 bits per heavy atom. The summed E-state index contributed by atoms with van der Waals surface area (Å²) in [7, 11) is 0. The fourth-order valence-corrected chi connectivity index (χ4v) is 2.74. The fraction of sp³-hybridized carbons (Fsp3) is 0. The minimum absolute atomic E-state index is 0.190. The van der Waals surface area contributed by atoms with E-state index in [0.717, 1.165) is 0 Å². The van der Waals surface area contributed by atoms with Gasteiger partial charge in [0.1, 0.15) is 5.75 Å². The summed E-state index contributed by atoms with van der Waals surface area (Å²) in [6.07, 6.45) is 0. The van der Waals surface area contributed by atoms with Crippen LogP contribution in [0, 0.1) is 0 Å². The van der Waals surface area contributed by atoms with Crippen molar-refractivity contribution in [2.45, 2.75) is 0 Å². The zero-order valence-electron chi connectivity index (χ0n) is 16.3.